The maximum absolute atomic E-state index is 6.28. The molecule has 1 N–H and O–H groups in total. The van der Waals surface area contributed by atoms with E-state index in [0.717, 1.165) is 30.8 Å². The molecule has 0 heterocycles. The molecule has 2 rings (SSSR count). The summed E-state index contributed by atoms with van der Waals surface area (Å²) >= 11 is 6.28. The van der Waals surface area contributed by atoms with Crippen molar-refractivity contribution in [2.24, 2.45) is 0 Å². The molecule has 0 saturated heterocycles. The highest BCUT2D eigenvalue weighted by atomic mass is 35.5. The minimum atomic E-state index is 0. The zero-order valence-electron chi connectivity index (χ0n) is 14.8. The van der Waals surface area contributed by atoms with Crippen LogP contribution in [0.4, 0.5) is 0 Å². The van der Waals surface area contributed by atoms with Crippen LogP contribution in [0.2, 0.25) is 5.02 Å². The van der Waals surface area contributed by atoms with Crippen LogP contribution in [0.1, 0.15) is 18.1 Å². The van der Waals surface area contributed by atoms with Crippen molar-refractivity contribution in [2.45, 2.75) is 19.9 Å². The second kappa shape index (κ2) is 11.1. The Morgan fingerprint density at radius 3 is 2.32 bits per heavy atom. The fourth-order valence-electron chi connectivity index (χ4n) is 2.42. The van der Waals surface area contributed by atoms with Gasteiger partial charge < -0.3 is 31.9 Å². The number of rotatable bonds is 9. The molecular formula is C19H24Cl2NO3-. The Kier molecular flexibility index (Phi) is 9.50. The molecule has 0 unspecified atom stereocenters. The van der Waals surface area contributed by atoms with E-state index in [9.17, 15) is 0 Å². The molecule has 2 aromatic rings. The van der Waals surface area contributed by atoms with E-state index in [-0.39, 0.29) is 12.4 Å². The normalized spacial score (nSPS) is 10.1. The molecule has 0 aliphatic carbocycles. The molecule has 0 spiro atoms. The largest absolute Gasteiger partial charge is 1.00 e. The van der Waals surface area contributed by atoms with Crippen LogP contribution in [0.15, 0.2) is 36.4 Å². The highest BCUT2D eigenvalue weighted by Crippen LogP contribution is 2.36. The van der Waals surface area contributed by atoms with Crippen molar-refractivity contribution in [3.8, 4) is 17.2 Å². The number of ether oxygens (including phenoxy) is 3. The second-order valence-corrected chi connectivity index (χ2v) is 5.72. The molecule has 0 aliphatic heterocycles. The van der Waals surface area contributed by atoms with Gasteiger partial charge in [-0.2, -0.15) is 0 Å². The summed E-state index contributed by atoms with van der Waals surface area (Å²) in [4.78, 5) is 0. The molecule has 6 heteroatoms. The number of hydrogen-bond donors (Lipinski definition) is 1. The maximum atomic E-state index is 6.28. The first kappa shape index (κ1) is 21.4. The lowest BCUT2D eigenvalue weighted by atomic mass is 10.1. The van der Waals surface area contributed by atoms with Crippen LogP contribution >= 0.6 is 11.6 Å². The van der Waals surface area contributed by atoms with Crippen LogP contribution in [0.5, 0.6) is 17.2 Å². The molecule has 0 aromatic heterocycles. The predicted molar refractivity (Wildman–Crippen MR) is 97.6 cm³/mol. The highest BCUT2D eigenvalue weighted by Gasteiger charge is 2.11. The highest BCUT2D eigenvalue weighted by molar-refractivity contribution is 6.32. The van der Waals surface area contributed by atoms with Gasteiger partial charge in [0.15, 0.2) is 11.5 Å². The quantitative estimate of drug-likeness (QED) is 0.657. The van der Waals surface area contributed by atoms with Crippen LogP contribution in [-0.4, -0.2) is 27.4 Å². The third kappa shape index (κ3) is 6.31. The number of benzene rings is 2. The van der Waals surface area contributed by atoms with Gasteiger partial charge >= 0.3 is 0 Å². The van der Waals surface area contributed by atoms with Crippen molar-refractivity contribution in [1.82, 2.24) is 5.32 Å². The van der Waals surface area contributed by atoms with Crippen LogP contribution in [0, 0.1) is 0 Å². The number of nitrogens with one attached hydrogen (secondary N) is 1. The summed E-state index contributed by atoms with van der Waals surface area (Å²) in [6.07, 6.45) is 0.950. The van der Waals surface area contributed by atoms with Crippen molar-refractivity contribution in [3.05, 3.63) is 52.5 Å². The summed E-state index contributed by atoms with van der Waals surface area (Å²) in [6, 6.07) is 12.0. The molecule has 2 aromatic carbocycles. The lowest BCUT2D eigenvalue weighted by Gasteiger charge is -2.13. The SMILES string of the molecule is CCOc1c(Cl)cc(CNCCc2ccc(OC)cc2)cc1OC.[Cl-]. The summed E-state index contributed by atoms with van der Waals surface area (Å²) in [5, 5.41) is 3.99. The standard InChI is InChI=1S/C19H24ClNO3.ClH/c1-4-24-19-17(20)11-15(12-18(19)23-3)13-21-10-9-14-5-7-16(22-2)8-6-14;/h5-8,11-12,21H,4,9-10,13H2,1-3H3;1H/p-1. The average molecular weight is 385 g/mol. The molecular weight excluding hydrogens is 361 g/mol. The van der Waals surface area contributed by atoms with Crippen molar-refractivity contribution in [3.63, 3.8) is 0 Å². The van der Waals surface area contributed by atoms with Crippen molar-refractivity contribution in [2.75, 3.05) is 27.4 Å². The first-order valence-electron chi connectivity index (χ1n) is 8.00. The van der Waals surface area contributed by atoms with Gasteiger partial charge in [-0.25, -0.2) is 0 Å². The van der Waals surface area contributed by atoms with Gasteiger partial charge in [0, 0.05) is 6.54 Å². The third-order valence-electron chi connectivity index (χ3n) is 3.66. The van der Waals surface area contributed by atoms with Crippen molar-refractivity contribution >= 4 is 11.6 Å². The fraction of sp³-hybridized carbons (Fsp3) is 0.368. The zero-order chi connectivity index (χ0) is 17.4. The van der Waals surface area contributed by atoms with Gasteiger partial charge in [0.1, 0.15) is 5.75 Å². The summed E-state index contributed by atoms with van der Waals surface area (Å²) in [5.74, 6) is 2.14. The van der Waals surface area contributed by atoms with Crippen LogP contribution in [0.3, 0.4) is 0 Å². The van der Waals surface area contributed by atoms with Gasteiger partial charge in [0.2, 0.25) is 0 Å². The van der Waals surface area contributed by atoms with E-state index in [4.69, 9.17) is 25.8 Å². The van der Waals surface area contributed by atoms with E-state index >= 15 is 0 Å². The first-order chi connectivity index (χ1) is 11.7. The van der Waals surface area contributed by atoms with E-state index < -0.39 is 0 Å². The minimum absolute atomic E-state index is 0. The van der Waals surface area contributed by atoms with Crippen LogP contribution in [-0.2, 0) is 13.0 Å². The van der Waals surface area contributed by atoms with Crippen LogP contribution < -0.4 is 31.9 Å². The smallest absolute Gasteiger partial charge is 0.179 e. The van der Waals surface area contributed by atoms with Crippen LogP contribution in [0.25, 0.3) is 0 Å². The molecule has 25 heavy (non-hydrogen) atoms. The van der Waals surface area contributed by atoms with E-state index in [1.54, 1.807) is 14.2 Å². The minimum Gasteiger partial charge on any atom is -1.00 e. The van der Waals surface area contributed by atoms with Gasteiger partial charge in [-0.15, -0.1) is 0 Å². The fourth-order valence-corrected chi connectivity index (χ4v) is 2.71. The first-order valence-corrected chi connectivity index (χ1v) is 8.38. The van der Waals surface area contributed by atoms with Crippen molar-refractivity contribution < 1.29 is 26.6 Å². The molecule has 0 radical (unpaired) electrons. The van der Waals surface area contributed by atoms with E-state index in [0.29, 0.717) is 23.1 Å². The van der Waals surface area contributed by atoms with Crippen molar-refractivity contribution in [1.29, 1.82) is 0 Å². The second-order valence-electron chi connectivity index (χ2n) is 5.32. The molecule has 0 atom stereocenters. The third-order valence-corrected chi connectivity index (χ3v) is 3.94. The maximum Gasteiger partial charge on any atom is 0.179 e. The molecule has 0 saturated carbocycles. The lowest BCUT2D eigenvalue weighted by Crippen LogP contribution is -3.00. The Hall–Kier alpha value is -1.62. The lowest BCUT2D eigenvalue weighted by molar-refractivity contribution is -0.00000592. The number of hydrogen-bond acceptors (Lipinski definition) is 4. The summed E-state index contributed by atoms with van der Waals surface area (Å²) in [5.41, 5.74) is 2.33. The monoisotopic (exact) mass is 384 g/mol. The molecule has 0 amide bonds. The van der Waals surface area contributed by atoms with E-state index in [2.05, 4.69) is 17.4 Å². The summed E-state index contributed by atoms with van der Waals surface area (Å²) < 4.78 is 16.1. The average Bonchev–Trinajstić information content (AvgIpc) is 2.61. The molecule has 0 fully saturated rings. The molecule has 0 bridgehead atoms. The van der Waals surface area contributed by atoms with Gasteiger partial charge in [-0.1, -0.05) is 23.7 Å². The Labute approximate surface area is 160 Å². The van der Waals surface area contributed by atoms with Gasteiger partial charge in [0.05, 0.1) is 25.8 Å². The van der Waals surface area contributed by atoms with Gasteiger partial charge in [-0.3, -0.25) is 0 Å². The summed E-state index contributed by atoms with van der Waals surface area (Å²) in [6.45, 7) is 4.07. The zero-order valence-corrected chi connectivity index (χ0v) is 16.3. The number of methoxy groups -OCH3 is 2. The predicted octanol–water partition coefficient (Wildman–Crippen LogP) is 1.09. The Morgan fingerprint density at radius 2 is 1.72 bits per heavy atom. The van der Waals surface area contributed by atoms with E-state index in [1.807, 2.05) is 31.2 Å². The van der Waals surface area contributed by atoms with E-state index in [1.165, 1.54) is 5.56 Å². The van der Waals surface area contributed by atoms with Gasteiger partial charge in [-0.05, 0) is 55.3 Å². The van der Waals surface area contributed by atoms with Gasteiger partial charge in [0.25, 0.3) is 0 Å². The topological polar surface area (TPSA) is 39.7 Å². The molecule has 138 valence electrons. The summed E-state index contributed by atoms with van der Waals surface area (Å²) in [7, 11) is 3.29. The Morgan fingerprint density at radius 1 is 1.00 bits per heavy atom. The number of halogens is 2. The Bertz CT molecular complexity index is 648. The Balaban J connectivity index is 0.00000312. The molecule has 0 aliphatic rings. The molecule has 4 nitrogen and oxygen atoms in total.